The third-order valence-corrected chi connectivity index (χ3v) is 5.92. The number of carbonyl (C=O) groups is 1. The Morgan fingerprint density at radius 3 is 2.64 bits per heavy atom. The van der Waals surface area contributed by atoms with Crippen molar-refractivity contribution in [2.75, 3.05) is 12.4 Å². The monoisotopic (exact) mass is 403 g/mol. The summed E-state index contributed by atoms with van der Waals surface area (Å²) in [6.45, 7) is 9.28. The van der Waals surface area contributed by atoms with Gasteiger partial charge in [0.2, 0.25) is 5.91 Å². The molecular formula is C21H29N3O3S. The Bertz CT molecular complexity index is 880. The molecule has 0 saturated carbocycles. The van der Waals surface area contributed by atoms with E-state index in [1.165, 1.54) is 11.8 Å². The highest BCUT2D eigenvalue weighted by Crippen LogP contribution is 2.22. The van der Waals surface area contributed by atoms with Crippen molar-refractivity contribution in [3.05, 3.63) is 34.6 Å². The molecule has 2 aromatic rings. The van der Waals surface area contributed by atoms with Crippen LogP contribution in [0.5, 0.6) is 0 Å². The molecule has 6 nitrogen and oxygen atoms in total. The van der Waals surface area contributed by atoms with Crippen LogP contribution in [-0.2, 0) is 16.1 Å². The lowest BCUT2D eigenvalue weighted by Crippen LogP contribution is -2.43. The first kappa shape index (κ1) is 20.9. The van der Waals surface area contributed by atoms with Gasteiger partial charge in [0.15, 0.2) is 5.16 Å². The van der Waals surface area contributed by atoms with Crippen LogP contribution in [0.1, 0.15) is 40.5 Å². The molecule has 0 unspecified atom stereocenters. The molecule has 1 amide bonds. The molecule has 0 bridgehead atoms. The summed E-state index contributed by atoms with van der Waals surface area (Å²) in [6.07, 6.45) is 1.98. The van der Waals surface area contributed by atoms with Gasteiger partial charge in [0, 0.05) is 18.7 Å². The second kappa shape index (κ2) is 9.09. The molecule has 0 spiro atoms. The van der Waals surface area contributed by atoms with Crippen molar-refractivity contribution < 1.29 is 9.53 Å². The number of aromatic nitrogens is 2. The van der Waals surface area contributed by atoms with E-state index < -0.39 is 0 Å². The average Bonchev–Trinajstić information content (AvgIpc) is 3.15. The minimum absolute atomic E-state index is 0.0264. The van der Waals surface area contributed by atoms with Crippen LogP contribution < -0.4 is 5.56 Å². The highest BCUT2D eigenvalue weighted by molar-refractivity contribution is 7.99. The molecule has 2 heterocycles. The van der Waals surface area contributed by atoms with Gasteiger partial charge in [-0.1, -0.05) is 23.9 Å². The second-order valence-corrected chi connectivity index (χ2v) is 8.68. The lowest BCUT2D eigenvalue weighted by atomic mass is 10.2. The lowest BCUT2D eigenvalue weighted by Gasteiger charge is -2.30. The standard InChI is InChI=1S/C21H29N3O3S/c1-14(2)24(15(3)4)19(25)13-28-21-22-18-10-6-5-9-17(18)20(26)23(21)12-16-8-7-11-27-16/h5-6,9-10,14-16H,7-8,11-13H2,1-4H3/t16-/m1/s1. The van der Waals surface area contributed by atoms with Gasteiger partial charge >= 0.3 is 0 Å². The van der Waals surface area contributed by atoms with E-state index in [9.17, 15) is 9.59 Å². The van der Waals surface area contributed by atoms with Crippen LogP contribution in [-0.4, -0.2) is 50.9 Å². The molecule has 1 atom stereocenters. The molecule has 1 saturated heterocycles. The summed E-state index contributed by atoms with van der Waals surface area (Å²) in [6, 6.07) is 7.63. The fraction of sp³-hybridized carbons (Fsp3) is 0.571. The highest BCUT2D eigenvalue weighted by Gasteiger charge is 2.23. The number of thioether (sulfide) groups is 1. The minimum atomic E-state index is -0.0689. The Labute approximate surface area is 170 Å². The maximum atomic E-state index is 13.1. The maximum Gasteiger partial charge on any atom is 0.262 e. The normalized spacial score (nSPS) is 17.0. The van der Waals surface area contributed by atoms with Crippen LogP contribution in [0, 0.1) is 0 Å². The van der Waals surface area contributed by atoms with E-state index in [1.807, 2.05) is 50.8 Å². The molecule has 7 heteroatoms. The van der Waals surface area contributed by atoms with Gasteiger partial charge in [0.05, 0.1) is 29.3 Å². The van der Waals surface area contributed by atoms with Gasteiger partial charge < -0.3 is 9.64 Å². The summed E-state index contributed by atoms with van der Waals surface area (Å²) >= 11 is 1.34. The predicted octanol–water partition coefficient (Wildman–Crippen LogP) is 3.31. The second-order valence-electron chi connectivity index (χ2n) is 7.74. The molecule has 1 aliphatic heterocycles. The zero-order valence-electron chi connectivity index (χ0n) is 17.1. The molecular weight excluding hydrogens is 374 g/mol. The molecule has 1 aromatic heterocycles. The van der Waals surface area contributed by atoms with E-state index in [1.54, 1.807) is 10.6 Å². The van der Waals surface area contributed by atoms with Crippen LogP contribution >= 0.6 is 11.8 Å². The predicted molar refractivity (Wildman–Crippen MR) is 113 cm³/mol. The third-order valence-electron chi connectivity index (χ3n) is 4.96. The molecule has 0 radical (unpaired) electrons. The molecule has 152 valence electrons. The van der Waals surface area contributed by atoms with Crippen molar-refractivity contribution in [3.8, 4) is 0 Å². The maximum absolute atomic E-state index is 13.1. The number of hydrogen-bond acceptors (Lipinski definition) is 5. The Hall–Kier alpha value is -1.86. The fourth-order valence-electron chi connectivity index (χ4n) is 3.78. The minimum Gasteiger partial charge on any atom is -0.376 e. The van der Waals surface area contributed by atoms with Gasteiger partial charge in [-0.05, 0) is 52.7 Å². The van der Waals surface area contributed by atoms with Crippen LogP contribution in [0.25, 0.3) is 10.9 Å². The first-order valence-corrected chi connectivity index (χ1v) is 10.9. The van der Waals surface area contributed by atoms with E-state index in [0.29, 0.717) is 22.6 Å². The number of fused-ring (bicyclic) bond motifs is 1. The number of amides is 1. The summed E-state index contributed by atoms with van der Waals surface area (Å²) in [4.78, 5) is 32.4. The number of carbonyl (C=O) groups excluding carboxylic acids is 1. The summed E-state index contributed by atoms with van der Waals surface area (Å²) < 4.78 is 7.42. The van der Waals surface area contributed by atoms with Gasteiger partial charge in [-0.3, -0.25) is 14.2 Å². The average molecular weight is 404 g/mol. The number of benzene rings is 1. The SMILES string of the molecule is CC(C)N(C(=O)CSc1nc2ccccc2c(=O)n1C[C@H]1CCCO1)C(C)C. The third kappa shape index (κ3) is 4.58. The number of rotatable bonds is 7. The Kier molecular flexibility index (Phi) is 6.78. The van der Waals surface area contributed by atoms with Gasteiger partial charge in [-0.25, -0.2) is 4.98 Å². The van der Waals surface area contributed by atoms with Crippen LogP contribution in [0.4, 0.5) is 0 Å². The molecule has 1 aromatic carbocycles. The fourth-order valence-corrected chi connectivity index (χ4v) is 4.66. The van der Waals surface area contributed by atoms with E-state index >= 15 is 0 Å². The van der Waals surface area contributed by atoms with Crippen LogP contribution in [0.3, 0.4) is 0 Å². The first-order valence-electron chi connectivity index (χ1n) is 9.93. The Morgan fingerprint density at radius 2 is 2.00 bits per heavy atom. The first-order chi connectivity index (χ1) is 13.4. The number of hydrogen-bond donors (Lipinski definition) is 0. The number of nitrogens with zero attached hydrogens (tertiary/aromatic N) is 3. The molecule has 1 aliphatic rings. The highest BCUT2D eigenvalue weighted by atomic mass is 32.2. The molecule has 1 fully saturated rings. The summed E-state index contributed by atoms with van der Waals surface area (Å²) in [7, 11) is 0. The zero-order valence-corrected chi connectivity index (χ0v) is 17.9. The zero-order chi connectivity index (χ0) is 20.3. The van der Waals surface area contributed by atoms with Gasteiger partial charge in [0.1, 0.15) is 0 Å². The quantitative estimate of drug-likeness (QED) is 0.524. The lowest BCUT2D eigenvalue weighted by molar-refractivity contribution is -0.131. The Balaban J connectivity index is 1.90. The van der Waals surface area contributed by atoms with Crippen LogP contribution in [0.2, 0.25) is 0 Å². The Morgan fingerprint density at radius 1 is 1.29 bits per heavy atom. The van der Waals surface area contributed by atoms with Crippen molar-refractivity contribution in [2.24, 2.45) is 0 Å². The van der Waals surface area contributed by atoms with Crippen molar-refractivity contribution >= 4 is 28.6 Å². The summed E-state index contributed by atoms with van der Waals surface area (Å²) in [5.41, 5.74) is 0.594. The van der Waals surface area contributed by atoms with Gasteiger partial charge in [-0.15, -0.1) is 0 Å². The summed E-state index contributed by atoms with van der Waals surface area (Å²) in [5.74, 6) is 0.313. The summed E-state index contributed by atoms with van der Waals surface area (Å²) in [5, 5.41) is 1.18. The van der Waals surface area contributed by atoms with Gasteiger partial charge in [0.25, 0.3) is 5.56 Å². The van der Waals surface area contributed by atoms with E-state index in [2.05, 4.69) is 0 Å². The molecule has 3 rings (SSSR count). The van der Waals surface area contributed by atoms with Gasteiger partial charge in [-0.2, -0.15) is 0 Å². The molecule has 0 N–H and O–H groups in total. The smallest absolute Gasteiger partial charge is 0.262 e. The van der Waals surface area contributed by atoms with E-state index in [4.69, 9.17) is 9.72 Å². The molecule has 28 heavy (non-hydrogen) atoms. The van der Waals surface area contributed by atoms with E-state index in [0.717, 1.165) is 19.4 Å². The molecule has 0 aliphatic carbocycles. The van der Waals surface area contributed by atoms with Crippen LogP contribution in [0.15, 0.2) is 34.2 Å². The number of para-hydroxylation sites is 1. The van der Waals surface area contributed by atoms with Crippen molar-refractivity contribution in [2.45, 2.75) is 70.4 Å². The van der Waals surface area contributed by atoms with Crippen molar-refractivity contribution in [3.63, 3.8) is 0 Å². The topological polar surface area (TPSA) is 64.4 Å². The number of ether oxygens (including phenoxy) is 1. The van der Waals surface area contributed by atoms with Crippen molar-refractivity contribution in [1.29, 1.82) is 0 Å². The van der Waals surface area contributed by atoms with E-state index in [-0.39, 0.29) is 35.4 Å². The largest absolute Gasteiger partial charge is 0.376 e. The van der Waals surface area contributed by atoms with Crippen molar-refractivity contribution in [1.82, 2.24) is 14.5 Å².